The van der Waals surface area contributed by atoms with Crippen molar-refractivity contribution in [1.82, 2.24) is 0 Å². The number of nitrogens with zero attached hydrogens (tertiary/aromatic N) is 1. The third kappa shape index (κ3) is 4.63. The summed E-state index contributed by atoms with van der Waals surface area (Å²) in [5, 5.41) is 12.6. The van der Waals surface area contributed by atoms with Gasteiger partial charge in [-0.2, -0.15) is 13.2 Å². The highest BCUT2D eigenvalue weighted by Gasteiger charge is 2.34. The maximum Gasteiger partial charge on any atom is 0.418 e. The van der Waals surface area contributed by atoms with Crippen LogP contribution in [0.25, 0.3) is 0 Å². The smallest absolute Gasteiger partial charge is 0.418 e. The van der Waals surface area contributed by atoms with Crippen LogP contribution >= 0.6 is 11.6 Å². The van der Waals surface area contributed by atoms with Gasteiger partial charge in [0.15, 0.2) is 6.61 Å². The van der Waals surface area contributed by atoms with Gasteiger partial charge in [-0.1, -0.05) is 17.7 Å². The number of carbonyl (C=O) groups is 1. The number of alkyl halides is 3. The Bertz CT molecular complexity index is 856. The first-order valence-corrected chi connectivity index (χ1v) is 7.51. The Morgan fingerprint density at radius 2 is 2.00 bits per heavy atom. The molecule has 6 nitrogen and oxygen atoms in total. The first-order valence-electron chi connectivity index (χ1n) is 7.13. The molecule has 2 aromatic rings. The van der Waals surface area contributed by atoms with E-state index in [1.165, 1.54) is 31.2 Å². The van der Waals surface area contributed by atoms with Gasteiger partial charge in [-0.05, 0) is 31.2 Å². The van der Waals surface area contributed by atoms with Crippen LogP contribution in [0.5, 0.6) is 5.75 Å². The minimum atomic E-state index is -4.69. The Hall–Kier alpha value is -2.81. The summed E-state index contributed by atoms with van der Waals surface area (Å²) in [5.74, 6) is -0.696. The number of nitro groups is 1. The van der Waals surface area contributed by atoms with Crippen molar-refractivity contribution in [2.45, 2.75) is 13.1 Å². The van der Waals surface area contributed by atoms with E-state index in [4.69, 9.17) is 16.3 Å². The van der Waals surface area contributed by atoms with Gasteiger partial charge in [0, 0.05) is 11.6 Å². The van der Waals surface area contributed by atoms with Crippen molar-refractivity contribution >= 4 is 28.9 Å². The number of halogens is 4. The van der Waals surface area contributed by atoms with E-state index in [1.54, 1.807) is 0 Å². The Kier molecular flexibility index (Phi) is 5.71. The molecule has 0 radical (unpaired) electrons. The van der Waals surface area contributed by atoms with Crippen molar-refractivity contribution < 1.29 is 27.6 Å². The lowest BCUT2D eigenvalue weighted by molar-refractivity contribution is -0.385. The monoisotopic (exact) mass is 388 g/mol. The zero-order valence-corrected chi connectivity index (χ0v) is 14.0. The van der Waals surface area contributed by atoms with Crippen LogP contribution in [0.15, 0.2) is 36.4 Å². The number of benzene rings is 2. The summed E-state index contributed by atoms with van der Waals surface area (Å²) >= 11 is 5.75. The van der Waals surface area contributed by atoms with E-state index >= 15 is 0 Å². The predicted molar refractivity (Wildman–Crippen MR) is 88.4 cm³/mol. The zero-order valence-electron chi connectivity index (χ0n) is 13.3. The molecule has 0 fully saturated rings. The first kappa shape index (κ1) is 19.5. The molecular weight excluding hydrogens is 377 g/mol. The molecule has 0 aliphatic heterocycles. The van der Waals surface area contributed by atoms with Crippen molar-refractivity contribution in [2.75, 3.05) is 11.9 Å². The molecule has 0 unspecified atom stereocenters. The zero-order chi connectivity index (χ0) is 19.5. The largest absolute Gasteiger partial charge is 0.484 e. The molecule has 0 spiro atoms. The number of amides is 1. The van der Waals surface area contributed by atoms with Gasteiger partial charge >= 0.3 is 6.18 Å². The number of hydrogen-bond donors (Lipinski definition) is 1. The molecule has 26 heavy (non-hydrogen) atoms. The molecule has 10 heteroatoms. The standard InChI is InChI=1S/C16H12ClF3N2O4/c1-9-7-10(5-6-13(9)22(24)25)26-8-14(23)21-15-11(16(18,19)20)3-2-4-12(15)17/h2-7H,8H2,1H3,(H,21,23). The van der Waals surface area contributed by atoms with Gasteiger partial charge in [0.1, 0.15) is 5.75 Å². The molecule has 0 heterocycles. The molecule has 0 aromatic heterocycles. The number of para-hydroxylation sites is 1. The summed E-state index contributed by atoms with van der Waals surface area (Å²) in [5.41, 5.74) is -1.44. The fraction of sp³-hybridized carbons (Fsp3) is 0.188. The summed E-state index contributed by atoms with van der Waals surface area (Å²) in [6.07, 6.45) is -4.69. The summed E-state index contributed by atoms with van der Waals surface area (Å²) < 4.78 is 44.1. The molecule has 0 bridgehead atoms. The van der Waals surface area contributed by atoms with E-state index in [9.17, 15) is 28.1 Å². The second-order valence-corrected chi connectivity index (χ2v) is 5.61. The van der Waals surface area contributed by atoms with Crippen LogP contribution in [-0.2, 0) is 11.0 Å². The van der Waals surface area contributed by atoms with Gasteiger partial charge in [-0.3, -0.25) is 14.9 Å². The molecule has 0 saturated carbocycles. The van der Waals surface area contributed by atoms with Crippen LogP contribution in [0.4, 0.5) is 24.5 Å². The molecule has 138 valence electrons. The summed E-state index contributed by atoms with van der Waals surface area (Å²) in [6.45, 7) is 0.893. The summed E-state index contributed by atoms with van der Waals surface area (Å²) in [4.78, 5) is 22.1. The lowest BCUT2D eigenvalue weighted by atomic mass is 10.1. The number of nitrogens with one attached hydrogen (secondary N) is 1. The number of hydrogen-bond acceptors (Lipinski definition) is 4. The number of carbonyl (C=O) groups excluding carboxylic acids is 1. The van der Waals surface area contributed by atoms with E-state index in [-0.39, 0.29) is 16.5 Å². The fourth-order valence-electron chi connectivity index (χ4n) is 2.13. The predicted octanol–water partition coefficient (Wildman–Crippen LogP) is 4.59. The van der Waals surface area contributed by atoms with Crippen molar-refractivity contribution in [1.29, 1.82) is 0 Å². The molecule has 0 aliphatic carbocycles. The summed E-state index contributed by atoms with van der Waals surface area (Å²) in [6, 6.07) is 6.97. The maximum absolute atomic E-state index is 13.0. The lowest BCUT2D eigenvalue weighted by Crippen LogP contribution is -2.22. The average Bonchev–Trinajstić information content (AvgIpc) is 2.53. The highest BCUT2D eigenvalue weighted by Crippen LogP contribution is 2.38. The van der Waals surface area contributed by atoms with Crippen LogP contribution in [-0.4, -0.2) is 17.4 Å². The van der Waals surface area contributed by atoms with Crippen molar-refractivity contribution in [3.8, 4) is 5.75 Å². The van der Waals surface area contributed by atoms with Crippen LogP contribution in [0, 0.1) is 17.0 Å². The second-order valence-electron chi connectivity index (χ2n) is 5.20. The minimum absolute atomic E-state index is 0.118. The van der Waals surface area contributed by atoms with Crippen LogP contribution in [0.2, 0.25) is 5.02 Å². The molecular formula is C16H12ClF3N2O4. The topological polar surface area (TPSA) is 81.5 Å². The Labute approximate surface area is 150 Å². The second kappa shape index (κ2) is 7.61. The first-order chi connectivity index (χ1) is 12.1. The Morgan fingerprint density at radius 3 is 2.58 bits per heavy atom. The van der Waals surface area contributed by atoms with E-state index in [0.29, 0.717) is 5.56 Å². The maximum atomic E-state index is 13.0. The summed E-state index contributed by atoms with van der Waals surface area (Å²) in [7, 11) is 0. The highest BCUT2D eigenvalue weighted by atomic mass is 35.5. The van der Waals surface area contributed by atoms with Crippen LogP contribution in [0.3, 0.4) is 0 Å². The number of aryl methyl sites for hydroxylation is 1. The van der Waals surface area contributed by atoms with Gasteiger partial charge in [0.05, 0.1) is 21.2 Å². The van der Waals surface area contributed by atoms with Crippen molar-refractivity contribution in [3.05, 3.63) is 62.7 Å². The Morgan fingerprint density at radius 1 is 1.31 bits per heavy atom. The molecule has 2 rings (SSSR count). The molecule has 0 saturated heterocycles. The molecule has 0 aliphatic rings. The molecule has 0 atom stereocenters. The van der Waals surface area contributed by atoms with Crippen molar-refractivity contribution in [3.63, 3.8) is 0 Å². The average molecular weight is 389 g/mol. The number of rotatable bonds is 5. The quantitative estimate of drug-likeness (QED) is 0.600. The third-order valence-electron chi connectivity index (χ3n) is 3.32. The Balaban J connectivity index is 2.09. The van der Waals surface area contributed by atoms with E-state index in [0.717, 1.165) is 12.1 Å². The van der Waals surface area contributed by atoms with Crippen molar-refractivity contribution in [2.24, 2.45) is 0 Å². The fourth-order valence-corrected chi connectivity index (χ4v) is 2.36. The third-order valence-corrected chi connectivity index (χ3v) is 3.63. The van der Waals surface area contributed by atoms with Gasteiger partial charge in [-0.25, -0.2) is 0 Å². The number of anilines is 1. The van der Waals surface area contributed by atoms with Gasteiger partial charge in [0.2, 0.25) is 0 Å². The van der Waals surface area contributed by atoms with E-state index in [1.807, 2.05) is 0 Å². The van der Waals surface area contributed by atoms with Gasteiger partial charge < -0.3 is 10.1 Å². The van der Waals surface area contributed by atoms with Crippen LogP contribution in [0.1, 0.15) is 11.1 Å². The number of nitro benzene ring substituents is 1. The molecule has 1 N–H and O–H groups in total. The molecule has 2 aromatic carbocycles. The van der Waals surface area contributed by atoms with Gasteiger partial charge in [-0.15, -0.1) is 0 Å². The lowest BCUT2D eigenvalue weighted by Gasteiger charge is -2.15. The minimum Gasteiger partial charge on any atom is -0.484 e. The SMILES string of the molecule is Cc1cc(OCC(=O)Nc2c(Cl)cccc2C(F)(F)F)ccc1[N+](=O)[O-]. The normalized spacial score (nSPS) is 11.1. The van der Waals surface area contributed by atoms with Crippen LogP contribution < -0.4 is 10.1 Å². The van der Waals surface area contributed by atoms with Gasteiger partial charge in [0.25, 0.3) is 11.6 Å². The number of ether oxygens (including phenoxy) is 1. The van der Waals surface area contributed by atoms with E-state index in [2.05, 4.69) is 5.32 Å². The van der Waals surface area contributed by atoms with E-state index < -0.39 is 34.9 Å². The highest BCUT2D eigenvalue weighted by molar-refractivity contribution is 6.34. The molecule has 1 amide bonds.